The van der Waals surface area contributed by atoms with Crippen molar-refractivity contribution in [2.24, 2.45) is 0 Å². The average Bonchev–Trinajstić information content (AvgIpc) is 3.26. The number of amides is 3. The minimum absolute atomic E-state index is 0.0237. The van der Waals surface area contributed by atoms with E-state index in [1.54, 1.807) is 14.4 Å². The monoisotopic (exact) mass is 435 g/mol. The van der Waals surface area contributed by atoms with Gasteiger partial charge in [-0.3, -0.25) is 14.4 Å². The van der Waals surface area contributed by atoms with Gasteiger partial charge in [0, 0.05) is 25.7 Å². The van der Waals surface area contributed by atoms with Crippen molar-refractivity contribution in [2.45, 2.75) is 64.2 Å². The Morgan fingerprint density at radius 2 is 1.97 bits per heavy atom. The summed E-state index contributed by atoms with van der Waals surface area (Å²) in [4.78, 5) is 47.9. The van der Waals surface area contributed by atoms with Crippen molar-refractivity contribution in [1.29, 1.82) is 0 Å². The third kappa shape index (κ3) is 3.47. The van der Waals surface area contributed by atoms with Crippen LogP contribution in [0, 0.1) is 6.92 Å². The fraction of sp³-hybridized carbons (Fsp3) is 0.500. The first-order chi connectivity index (χ1) is 15.4. The second-order valence-corrected chi connectivity index (χ2v) is 9.42. The largest absolute Gasteiger partial charge is 0.350 e. The van der Waals surface area contributed by atoms with Gasteiger partial charge in [-0.05, 0) is 45.1 Å². The first-order valence-electron chi connectivity index (χ1n) is 11.4. The second-order valence-electron chi connectivity index (χ2n) is 9.42. The Bertz CT molecular complexity index is 1080. The summed E-state index contributed by atoms with van der Waals surface area (Å²) in [6.45, 7) is 5.92. The fourth-order valence-corrected chi connectivity index (χ4v) is 4.98. The van der Waals surface area contributed by atoms with E-state index in [0.717, 1.165) is 36.8 Å². The van der Waals surface area contributed by atoms with Crippen molar-refractivity contribution in [3.63, 3.8) is 0 Å². The molecule has 1 saturated heterocycles. The molecule has 8 heteroatoms. The van der Waals surface area contributed by atoms with Gasteiger partial charge < -0.3 is 19.7 Å². The van der Waals surface area contributed by atoms with Crippen LogP contribution in [-0.4, -0.2) is 61.7 Å². The molecule has 0 spiro atoms. The highest BCUT2D eigenvalue weighted by molar-refractivity contribution is 6.07. The second kappa shape index (κ2) is 7.76. The number of imidazole rings is 1. The smallest absolute Gasteiger partial charge is 0.274 e. The molecule has 1 aromatic carbocycles. The Morgan fingerprint density at radius 3 is 2.66 bits per heavy atom. The standard InChI is InChI=1S/C24H29N5O3/c1-16-6-5-7-17(12-16)13-25-23(32)24(2)14-28-15-26-19(21(30)27-10-3-4-11-27)20(28)22(31)29(24)18-8-9-18/h5-7,12,15,18H,3-4,8-11,13-14H2,1-2H3,(H,25,32)/t24-/m1/s1. The van der Waals surface area contributed by atoms with Crippen LogP contribution in [0.3, 0.4) is 0 Å². The van der Waals surface area contributed by atoms with E-state index in [9.17, 15) is 14.4 Å². The molecule has 1 N–H and O–H groups in total. The number of rotatable bonds is 5. The number of aryl methyl sites for hydroxylation is 1. The molecule has 5 rings (SSSR count). The Labute approximate surface area is 187 Å². The molecule has 0 radical (unpaired) electrons. The zero-order valence-corrected chi connectivity index (χ0v) is 18.6. The van der Waals surface area contributed by atoms with Crippen LogP contribution in [0.4, 0.5) is 0 Å². The van der Waals surface area contributed by atoms with Gasteiger partial charge in [0.2, 0.25) is 5.91 Å². The van der Waals surface area contributed by atoms with Crippen molar-refractivity contribution >= 4 is 17.7 Å². The average molecular weight is 436 g/mol. The van der Waals surface area contributed by atoms with E-state index in [1.165, 1.54) is 6.33 Å². The van der Waals surface area contributed by atoms with Crippen molar-refractivity contribution in [3.8, 4) is 0 Å². The number of carbonyl (C=O) groups is 3. The number of benzene rings is 1. The number of hydrogen-bond donors (Lipinski definition) is 1. The molecule has 1 aliphatic carbocycles. The lowest BCUT2D eigenvalue weighted by atomic mass is 9.93. The highest BCUT2D eigenvalue weighted by atomic mass is 16.2. The number of fused-ring (bicyclic) bond motifs is 1. The molecule has 168 valence electrons. The molecule has 0 bridgehead atoms. The molecule has 2 aliphatic heterocycles. The molecule has 0 unspecified atom stereocenters. The molecular formula is C24H29N5O3. The van der Waals surface area contributed by atoms with Crippen molar-refractivity contribution in [2.75, 3.05) is 13.1 Å². The molecule has 2 fully saturated rings. The highest BCUT2D eigenvalue weighted by Gasteiger charge is 2.53. The zero-order valence-electron chi connectivity index (χ0n) is 18.6. The SMILES string of the molecule is Cc1cccc(CNC(=O)[C@@]2(C)Cn3cnc(C(=O)N4CCCC4)c3C(=O)N2C2CC2)c1. The maximum Gasteiger partial charge on any atom is 0.274 e. The van der Waals surface area contributed by atoms with Crippen LogP contribution >= 0.6 is 0 Å². The van der Waals surface area contributed by atoms with Crippen LogP contribution in [0.25, 0.3) is 0 Å². The number of aromatic nitrogens is 2. The van der Waals surface area contributed by atoms with Gasteiger partial charge in [0.1, 0.15) is 11.2 Å². The van der Waals surface area contributed by atoms with Crippen molar-refractivity contribution in [3.05, 3.63) is 53.1 Å². The summed E-state index contributed by atoms with van der Waals surface area (Å²) in [5, 5.41) is 3.03. The lowest BCUT2D eigenvalue weighted by Crippen LogP contribution is -2.64. The Balaban J connectivity index is 1.42. The fourth-order valence-electron chi connectivity index (χ4n) is 4.98. The normalized spacial score (nSPS) is 22.8. The van der Waals surface area contributed by atoms with E-state index < -0.39 is 5.54 Å². The third-order valence-electron chi connectivity index (χ3n) is 6.80. The van der Waals surface area contributed by atoms with Gasteiger partial charge in [-0.2, -0.15) is 0 Å². The zero-order chi connectivity index (χ0) is 22.5. The first-order valence-corrected chi connectivity index (χ1v) is 11.4. The molecule has 3 amide bonds. The summed E-state index contributed by atoms with van der Waals surface area (Å²) in [5.41, 5.74) is 1.64. The summed E-state index contributed by atoms with van der Waals surface area (Å²) in [6.07, 6.45) is 5.23. The quantitative estimate of drug-likeness (QED) is 0.779. The molecule has 8 nitrogen and oxygen atoms in total. The van der Waals surface area contributed by atoms with Gasteiger partial charge in [0.15, 0.2) is 5.69 Å². The maximum atomic E-state index is 13.7. The first kappa shape index (κ1) is 20.7. The van der Waals surface area contributed by atoms with Crippen molar-refractivity contribution < 1.29 is 14.4 Å². The van der Waals surface area contributed by atoms with Gasteiger partial charge in [-0.1, -0.05) is 29.8 Å². The predicted molar refractivity (Wildman–Crippen MR) is 118 cm³/mol. The van der Waals surface area contributed by atoms with E-state index in [0.29, 0.717) is 25.3 Å². The van der Waals surface area contributed by atoms with E-state index in [1.807, 2.05) is 38.1 Å². The summed E-state index contributed by atoms with van der Waals surface area (Å²) in [6, 6.07) is 8.02. The van der Waals surface area contributed by atoms with Crippen LogP contribution in [-0.2, 0) is 17.9 Å². The summed E-state index contributed by atoms with van der Waals surface area (Å²) in [7, 11) is 0. The Morgan fingerprint density at radius 1 is 1.22 bits per heavy atom. The number of carbonyl (C=O) groups excluding carboxylic acids is 3. The summed E-state index contributed by atoms with van der Waals surface area (Å²) in [5.74, 6) is -0.647. The van der Waals surface area contributed by atoms with Gasteiger partial charge >= 0.3 is 0 Å². The molecule has 3 aliphatic rings. The Hall–Kier alpha value is -3.16. The number of nitrogens with one attached hydrogen (secondary N) is 1. The minimum atomic E-state index is -1.04. The molecule has 1 atom stereocenters. The molecule has 32 heavy (non-hydrogen) atoms. The Kier molecular flexibility index (Phi) is 5.03. The third-order valence-corrected chi connectivity index (χ3v) is 6.80. The highest BCUT2D eigenvalue weighted by Crippen LogP contribution is 2.39. The number of hydrogen-bond acceptors (Lipinski definition) is 4. The molecule has 1 saturated carbocycles. The van der Waals surface area contributed by atoms with Crippen LogP contribution in [0.15, 0.2) is 30.6 Å². The summed E-state index contributed by atoms with van der Waals surface area (Å²) < 4.78 is 1.69. The van der Waals surface area contributed by atoms with Gasteiger partial charge in [0.25, 0.3) is 11.8 Å². The van der Waals surface area contributed by atoms with E-state index in [4.69, 9.17) is 0 Å². The lowest BCUT2D eigenvalue weighted by Gasteiger charge is -2.44. The number of likely N-dealkylation sites (tertiary alicyclic amines) is 1. The van der Waals surface area contributed by atoms with Crippen molar-refractivity contribution in [1.82, 2.24) is 24.7 Å². The van der Waals surface area contributed by atoms with Gasteiger partial charge in [0.05, 0.1) is 12.9 Å². The van der Waals surface area contributed by atoms with Gasteiger partial charge in [-0.25, -0.2) is 4.98 Å². The number of nitrogens with zero attached hydrogens (tertiary/aromatic N) is 4. The molecular weight excluding hydrogens is 406 g/mol. The lowest BCUT2D eigenvalue weighted by molar-refractivity contribution is -0.133. The van der Waals surface area contributed by atoms with Gasteiger partial charge in [-0.15, -0.1) is 0 Å². The predicted octanol–water partition coefficient (Wildman–Crippen LogP) is 2.12. The van der Waals surface area contributed by atoms with E-state index in [2.05, 4.69) is 10.3 Å². The van der Waals surface area contributed by atoms with Crippen LogP contribution in [0.1, 0.15) is 64.7 Å². The van der Waals surface area contributed by atoms with E-state index >= 15 is 0 Å². The van der Waals surface area contributed by atoms with Crippen LogP contribution < -0.4 is 5.32 Å². The molecule has 2 aromatic rings. The summed E-state index contributed by atoms with van der Waals surface area (Å²) >= 11 is 0. The maximum absolute atomic E-state index is 13.7. The van der Waals surface area contributed by atoms with Crippen LogP contribution in [0.5, 0.6) is 0 Å². The minimum Gasteiger partial charge on any atom is -0.350 e. The van der Waals surface area contributed by atoms with Crippen LogP contribution in [0.2, 0.25) is 0 Å². The van der Waals surface area contributed by atoms with E-state index in [-0.39, 0.29) is 36.0 Å². The molecule has 1 aromatic heterocycles. The topological polar surface area (TPSA) is 87.5 Å². The molecule has 3 heterocycles.